The molecule has 6 nitrogen and oxygen atoms in total. The highest BCUT2D eigenvalue weighted by atomic mass is 19.2. The molecule has 0 N–H and O–H groups in total. The van der Waals surface area contributed by atoms with Crippen molar-refractivity contribution in [2.75, 3.05) is 37.7 Å². The van der Waals surface area contributed by atoms with Gasteiger partial charge in [0.1, 0.15) is 12.3 Å². The number of hydrogen-bond donors (Lipinski definition) is 0. The Kier molecular flexibility index (Phi) is 6.91. The molecule has 2 aromatic heterocycles. The second kappa shape index (κ2) is 10.3. The molecule has 36 heavy (non-hydrogen) atoms. The predicted molar refractivity (Wildman–Crippen MR) is 131 cm³/mol. The van der Waals surface area contributed by atoms with Gasteiger partial charge in [0.25, 0.3) is 0 Å². The lowest BCUT2D eigenvalue weighted by atomic mass is 9.86. The van der Waals surface area contributed by atoms with E-state index in [1.165, 1.54) is 12.1 Å². The van der Waals surface area contributed by atoms with E-state index in [4.69, 9.17) is 4.84 Å². The molecule has 0 radical (unpaired) electrons. The molecule has 1 unspecified atom stereocenters. The maximum absolute atomic E-state index is 13.8. The van der Waals surface area contributed by atoms with Crippen molar-refractivity contribution in [3.8, 4) is 0 Å². The van der Waals surface area contributed by atoms with E-state index in [9.17, 15) is 13.2 Å². The van der Waals surface area contributed by atoms with Gasteiger partial charge in [0.2, 0.25) is 5.95 Å². The molecule has 1 spiro atoms. The second-order valence-electron chi connectivity index (χ2n) is 9.51. The van der Waals surface area contributed by atoms with Crippen LogP contribution in [0.25, 0.3) is 0 Å². The molecule has 1 aromatic carbocycles. The van der Waals surface area contributed by atoms with Gasteiger partial charge in [-0.25, -0.2) is 13.8 Å². The summed E-state index contributed by atoms with van der Waals surface area (Å²) in [5.74, 6) is -2.32. The highest BCUT2D eigenvalue weighted by Gasteiger charge is 2.43. The zero-order valence-electron chi connectivity index (χ0n) is 20.1. The summed E-state index contributed by atoms with van der Waals surface area (Å²) < 4.78 is 40.4. The van der Waals surface area contributed by atoms with Gasteiger partial charge in [-0.1, -0.05) is 11.2 Å². The molecule has 0 saturated carbocycles. The van der Waals surface area contributed by atoms with Gasteiger partial charge in [0.05, 0.1) is 17.6 Å². The monoisotopic (exact) mass is 495 g/mol. The standard InChI is InChI=1S/C27H28F3N5O/c1-2-36-33-26(20-4-6-22(28)23(29)13-20)24-7-3-19(14-31-24)16-34-11-9-27(17-34)10-12-35(18-27)21-5-8-25(30)32-15-21/h3-8,13-15H,2,9-12,16-18H2,1H3/b33-26+. The number of nitrogens with zero attached hydrogens (tertiary/aromatic N) is 5. The third kappa shape index (κ3) is 5.21. The number of oxime groups is 1. The van der Waals surface area contributed by atoms with Gasteiger partial charge < -0.3 is 9.74 Å². The first-order valence-corrected chi connectivity index (χ1v) is 12.1. The minimum absolute atomic E-state index is 0.228. The predicted octanol–water partition coefficient (Wildman–Crippen LogP) is 4.79. The number of likely N-dealkylation sites (tertiary alicyclic amines) is 1. The first kappa shape index (κ1) is 24.2. The number of aromatic nitrogens is 2. The summed E-state index contributed by atoms with van der Waals surface area (Å²) in [5, 5.41) is 4.10. The van der Waals surface area contributed by atoms with Gasteiger partial charge >= 0.3 is 0 Å². The maximum atomic E-state index is 13.8. The molecule has 2 fully saturated rings. The minimum atomic E-state index is -0.947. The smallest absolute Gasteiger partial charge is 0.212 e. The van der Waals surface area contributed by atoms with Crippen LogP contribution in [0.4, 0.5) is 18.9 Å². The first-order valence-electron chi connectivity index (χ1n) is 12.1. The van der Waals surface area contributed by atoms with Gasteiger partial charge in [-0.15, -0.1) is 0 Å². The topological polar surface area (TPSA) is 53.9 Å². The van der Waals surface area contributed by atoms with Crippen LogP contribution >= 0.6 is 0 Å². The summed E-state index contributed by atoms with van der Waals surface area (Å²) >= 11 is 0. The Morgan fingerprint density at radius 2 is 1.83 bits per heavy atom. The van der Waals surface area contributed by atoms with E-state index in [2.05, 4.69) is 24.9 Å². The van der Waals surface area contributed by atoms with Crippen LogP contribution in [-0.2, 0) is 11.4 Å². The highest BCUT2D eigenvalue weighted by molar-refractivity contribution is 6.11. The summed E-state index contributed by atoms with van der Waals surface area (Å²) in [6, 6.07) is 10.7. The number of rotatable bonds is 7. The van der Waals surface area contributed by atoms with Crippen molar-refractivity contribution in [3.63, 3.8) is 0 Å². The highest BCUT2D eigenvalue weighted by Crippen LogP contribution is 2.41. The third-order valence-electron chi connectivity index (χ3n) is 6.98. The molecular formula is C27H28F3N5O. The Morgan fingerprint density at radius 1 is 0.972 bits per heavy atom. The summed E-state index contributed by atoms with van der Waals surface area (Å²) in [6.45, 7) is 6.80. The summed E-state index contributed by atoms with van der Waals surface area (Å²) in [4.78, 5) is 18.3. The van der Waals surface area contributed by atoms with Crippen molar-refractivity contribution < 1.29 is 18.0 Å². The van der Waals surface area contributed by atoms with Crippen LogP contribution in [0.3, 0.4) is 0 Å². The normalized spacial score (nSPS) is 20.4. The Morgan fingerprint density at radius 3 is 2.56 bits per heavy atom. The summed E-state index contributed by atoms with van der Waals surface area (Å²) in [5.41, 5.74) is 3.53. The van der Waals surface area contributed by atoms with Crippen LogP contribution < -0.4 is 4.90 Å². The fraction of sp³-hybridized carbons (Fsp3) is 0.370. The lowest BCUT2D eigenvalue weighted by Gasteiger charge is -2.25. The van der Waals surface area contributed by atoms with E-state index in [1.54, 1.807) is 25.4 Å². The van der Waals surface area contributed by atoms with Gasteiger partial charge in [0, 0.05) is 43.4 Å². The molecule has 2 aliphatic rings. The van der Waals surface area contributed by atoms with E-state index in [0.717, 1.165) is 68.9 Å². The van der Waals surface area contributed by atoms with Crippen molar-refractivity contribution >= 4 is 11.4 Å². The first-order chi connectivity index (χ1) is 17.4. The molecule has 188 valence electrons. The van der Waals surface area contributed by atoms with Crippen LogP contribution in [0.5, 0.6) is 0 Å². The van der Waals surface area contributed by atoms with Crippen LogP contribution in [0.2, 0.25) is 0 Å². The third-order valence-corrected chi connectivity index (χ3v) is 6.98. The van der Waals surface area contributed by atoms with E-state index in [-0.39, 0.29) is 5.41 Å². The molecular weight excluding hydrogens is 467 g/mol. The Labute approximate surface area is 208 Å². The zero-order valence-corrected chi connectivity index (χ0v) is 20.1. The van der Waals surface area contributed by atoms with E-state index >= 15 is 0 Å². The number of halogens is 3. The molecule has 0 bridgehead atoms. The van der Waals surface area contributed by atoms with E-state index in [0.29, 0.717) is 23.6 Å². The quantitative estimate of drug-likeness (QED) is 0.268. The molecule has 0 amide bonds. The number of anilines is 1. The van der Waals surface area contributed by atoms with Crippen molar-refractivity contribution in [1.29, 1.82) is 0 Å². The molecule has 2 aliphatic heterocycles. The lowest BCUT2D eigenvalue weighted by molar-refractivity contribution is 0.159. The van der Waals surface area contributed by atoms with Crippen LogP contribution in [0.15, 0.2) is 60.0 Å². The fourth-order valence-corrected chi connectivity index (χ4v) is 5.14. The van der Waals surface area contributed by atoms with E-state index < -0.39 is 17.6 Å². The lowest BCUT2D eigenvalue weighted by Crippen LogP contribution is -2.30. The van der Waals surface area contributed by atoms with Crippen LogP contribution in [0, 0.1) is 23.0 Å². The molecule has 0 aliphatic carbocycles. The molecule has 4 heterocycles. The van der Waals surface area contributed by atoms with Crippen molar-refractivity contribution in [2.24, 2.45) is 10.6 Å². The van der Waals surface area contributed by atoms with Crippen LogP contribution in [-0.4, -0.2) is 53.4 Å². The molecule has 1 atom stereocenters. The summed E-state index contributed by atoms with van der Waals surface area (Å²) in [7, 11) is 0. The average Bonchev–Trinajstić information content (AvgIpc) is 3.49. The maximum Gasteiger partial charge on any atom is 0.212 e. The van der Waals surface area contributed by atoms with Crippen LogP contribution in [0.1, 0.15) is 36.6 Å². The van der Waals surface area contributed by atoms with E-state index in [1.807, 2.05) is 12.1 Å². The van der Waals surface area contributed by atoms with Crippen molar-refractivity contribution in [1.82, 2.24) is 14.9 Å². The molecule has 9 heteroatoms. The van der Waals surface area contributed by atoms with Gasteiger partial charge in [-0.05, 0) is 68.3 Å². The van der Waals surface area contributed by atoms with Crippen molar-refractivity contribution in [3.05, 3.63) is 89.3 Å². The van der Waals surface area contributed by atoms with Crippen molar-refractivity contribution in [2.45, 2.75) is 26.3 Å². The number of benzene rings is 1. The molecule has 5 rings (SSSR count). The minimum Gasteiger partial charge on any atom is -0.396 e. The summed E-state index contributed by atoms with van der Waals surface area (Å²) in [6.07, 6.45) is 5.62. The van der Waals surface area contributed by atoms with Gasteiger partial charge in [0.15, 0.2) is 11.6 Å². The fourth-order valence-electron chi connectivity index (χ4n) is 5.14. The Balaban J connectivity index is 1.24. The number of pyridine rings is 2. The molecule has 2 saturated heterocycles. The average molecular weight is 496 g/mol. The molecule has 3 aromatic rings. The zero-order chi connectivity index (χ0) is 25.1. The Hall–Kier alpha value is -3.46. The number of hydrogen-bond acceptors (Lipinski definition) is 6. The SMILES string of the molecule is CCO/N=C(\c1ccc(F)c(F)c1)c1ccc(CN2CCC3(CCN(c4ccc(F)nc4)C3)C2)cn1. The second-order valence-corrected chi connectivity index (χ2v) is 9.51. The largest absolute Gasteiger partial charge is 0.396 e. The van der Waals surface area contributed by atoms with Gasteiger partial charge in [-0.2, -0.15) is 4.39 Å². The Bertz CT molecular complexity index is 1240. The van der Waals surface area contributed by atoms with Gasteiger partial charge in [-0.3, -0.25) is 9.88 Å².